The number of methoxy groups -OCH3 is 1. The molecule has 0 fully saturated rings. The number of ether oxygens (including phenoxy) is 2. The number of rotatable bonds is 8. The number of hydrogen-bond donors (Lipinski definition) is 0. The summed E-state index contributed by atoms with van der Waals surface area (Å²) in [5.41, 5.74) is 2.47. The number of amides is 1. The van der Waals surface area contributed by atoms with Crippen molar-refractivity contribution in [1.29, 1.82) is 0 Å². The average molecular weight is 456 g/mol. The van der Waals surface area contributed by atoms with Crippen LogP contribution >= 0.6 is 0 Å². The van der Waals surface area contributed by atoms with Crippen molar-refractivity contribution in [2.75, 3.05) is 20.3 Å². The number of fused-ring (bicyclic) bond motifs is 2. The van der Waals surface area contributed by atoms with Gasteiger partial charge in [0.15, 0.2) is 5.43 Å². The van der Waals surface area contributed by atoms with Crippen LogP contribution in [0, 0.1) is 0 Å². The van der Waals surface area contributed by atoms with Crippen LogP contribution in [-0.2, 0) is 11.3 Å². The third-order valence-electron chi connectivity index (χ3n) is 6.04. The maximum Gasteiger partial charge on any atom is 0.290 e. The van der Waals surface area contributed by atoms with Gasteiger partial charge in [0.2, 0.25) is 5.76 Å². The molecule has 1 aliphatic heterocycles. The SMILES string of the molecule is COCCCN1C(=O)c2oc3ccccc3c(=O)c2[C@H]1c1cccc(OCc2ccccc2)c1. The lowest BCUT2D eigenvalue weighted by atomic mass is 9.98. The Morgan fingerprint density at radius 1 is 0.941 bits per heavy atom. The van der Waals surface area contributed by atoms with Crippen molar-refractivity contribution < 1.29 is 18.7 Å². The van der Waals surface area contributed by atoms with Gasteiger partial charge in [0.05, 0.1) is 17.0 Å². The molecule has 6 heteroatoms. The highest BCUT2D eigenvalue weighted by atomic mass is 16.5. The van der Waals surface area contributed by atoms with Crippen molar-refractivity contribution in [2.45, 2.75) is 19.1 Å². The van der Waals surface area contributed by atoms with Crippen molar-refractivity contribution >= 4 is 16.9 Å². The molecule has 34 heavy (non-hydrogen) atoms. The van der Waals surface area contributed by atoms with Gasteiger partial charge < -0.3 is 18.8 Å². The van der Waals surface area contributed by atoms with Gasteiger partial charge in [-0.2, -0.15) is 0 Å². The Bertz CT molecular complexity index is 1380. The van der Waals surface area contributed by atoms with Gasteiger partial charge in [-0.15, -0.1) is 0 Å². The summed E-state index contributed by atoms with van der Waals surface area (Å²) in [5.74, 6) is 0.501. The molecule has 1 amide bonds. The third-order valence-corrected chi connectivity index (χ3v) is 6.04. The molecule has 0 aliphatic carbocycles. The summed E-state index contributed by atoms with van der Waals surface area (Å²) in [6, 6.07) is 24.0. The fraction of sp³-hybridized carbons (Fsp3) is 0.214. The lowest BCUT2D eigenvalue weighted by molar-refractivity contribution is 0.0707. The normalized spacial score (nSPS) is 15.0. The maximum atomic E-state index is 13.5. The highest BCUT2D eigenvalue weighted by Crippen LogP contribution is 2.39. The lowest BCUT2D eigenvalue weighted by Crippen LogP contribution is -2.31. The van der Waals surface area contributed by atoms with Crippen LogP contribution in [0.15, 0.2) is 88.1 Å². The van der Waals surface area contributed by atoms with Crippen molar-refractivity contribution in [3.05, 3.63) is 112 Å². The van der Waals surface area contributed by atoms with E-state index in [1.54, 1.807) is 36.3 Å². The van der Waals surface area contributed by atoms with Crippen LogP contribution in [0.3, 0.4) is 0 Å². The molecule has 0 saturated heterocycles. The summed E-state index contributed by atoms with van der Waals surface area (Å²) in [6.07, 6.45) is 0.643. The van der Waals surface area contributed by atoms with Crippen molar-refractivity contribution in [2.24, 2.45) is 0 Å². The van der Waals surface area contributed by atoms with Gasteiger partial charge in [0.25, 0.3) is 5.91 Å². The van der Waals surface area contributed by atoms with E-state index in [9.17, 15) is 9.59 Å². The summed E-state index contributed by atoms with van der Waals surface area (Å²) in [4.78, 5) is 28.6. The van der Waals surface area contributed by atoms with Gasteiger partial charge in [-0.25, -0.2) is 0 Å². The summed E-state index contributed by atoms with van der Waals surface area (Å²) in [7, 11) is 1.63. The number of carbonyl (C=O) groups excluding carboxylic acids is 1. The molecule has 5 rings (SSSR count). The molecule has 0 bridgehead atoms. The van der Waals surface area contributed by atoms with E-state index in [1.165, 1.54) is 0 Å². The Balaban J connectivity index is 1.55. The van der Waals surface area contributed by atoms with Crippen LogP contribution in [0.1, 0.15) is 39.7 Å². The molecule has 0 spiro atoms. The summed E-state index contributed by atoms with van der Waals surface area (Å²) in [5, 5.41) is 0.467. The third kappa shape index (κ3) is 4.08. The molecule has 4 aromatic rings. The zero-order valence-electron chi connectivity index (χ0n) is 18.9. The molecule has 1 atom stereocenters. The molecule has 3 aromatic carbocycles. The Labute approximate surface area is 197 Å². The zero-order valence-corrected chi connectivity index (χ0v) is 18.9. The summed E-state index contributed by atoms with van der Waals surface area (Å²) < 4.78 is 17.2. The predicted octanol–water partition coefficient (Wildman–Crippen LogP) is 4.95. The van der Waals surface area contributed by atoms with E-state index in [4.69, 9.17) is 13.9 Å². The Morgan fingerprint density at radius 3 is 2.56 bits per heavy atom. The first-order valence-corrected chi connectivity index (χ1v) is 11.3. The molecular formula is C28H25NO5. The Kier molecular flexibility index (Phi) is 6.14. The standard InChI is InChI=1S/C28H25NO5/c1-32-16-8-15-29-25(20-11-7-12-21(17-20)33-18-19-9-3-2-4-10-19)24-26(30)22-13-5-6-14-23(22)34-27(24)28(29)31/h2-7,9-14,17,25H,8,15-16,18H2,1H3/t25-/m1/s1. The smallest absolute Gasteiger partial charge is 0.290 e. The summed E-state index contributed by atoms with van der Waals surface area (Å²) >= 11 is 0. The van der Waals surface area contributed by atoms with Crippen LogP contribution < -0.4 is 10.2 Å². The van der Waals surface area contributed by atoms with Gasteiger partial charge in [-0.3, -0.25) is 9.59 Å². The van der Waals surface area contributed by atoms with E-state index in [2.05, 4.69) is 0 Å². The highest BCUT2D eigenvalue weighted by molar-refractivity contribution is 5.99. The van der Waals surface area contributed by atoms with Crippen LogP contribution in [0.4, 0.5) is 0 Å². The monoisotopic (exact) mass is 455 g/mol. The zero-order chi connectivity index (χ0) is 23.5. The van der Waals surface area contributed by atoms with Gasteiger partial charge in [-0.05, 0) is 41.8 Å². The second kappa shape index (κ2) is 9.53. The van der Waals surface area contributed by atoms with Crippen LogP contribution in [0.25, 0.3) is 11.0 Å². The number of hydrogen-bond acceptors (Lipinski definition) is 5. The highest BCUT2D eigenvalue weighted by Gasteiger charge is 2.42. The van der Waals surface area contributed by atoms with Gasteiger partial charge in [0.1, 0.15) is 17.9 Å². The quantitative estimate of drug-likeness (QED) is 0.352. The van der Waals surface area contributed by atoms with E-state index < -0.39 is 6.04 Å². The van der Waals surface area contributed by atoms with E-state index in [0.717, 1.165) is 11.1 Å². The molecule has 1 aliphatic rings. The van der Waals surface area contributed by atoms with Crippen molar-refractivity contribution in [1.82, 2.24) is 4.90 Å². The fourth-order valence-electron chi connectivity index (χ4n) is 4.44. The first-order valence-electron chi connectivity index (χ1n) is 11.3. The van der Waals surface area contributed by atoms with Crippen LogP contribution in [-0.4, -0.2) is 31.1 Å². The van der Waals surface area contributed by atoms with Gasteiger partial charge in [-0.1, -0.05) is 54.6 Å². The van der Waals surface area contributed by atoms with E-state index >= 15 is 0 Å². The molecule has 0 unspecified atom stereocenters. The second-order valence-corrected chi connectivity index (χ2v) is 8.26. The number of para-hydroxylation sites is 1. The van der Waals surface area contributed by atoms with Gasteiger partial charge >= 0.3 is 0 Å². The maximum absolute atomic E-state index is 13.5. The minimum atomic E-state index is -0.555. The number of benzene rings is 3. The largest absolute Gasteiger partial charge is 0.489 e. The first kappa shape index (κ1) is 21.9. The van der Waals surface area contributed by atoms with Crippen LogP contribution in [0.2, 0.25) is 0 Å². The molecule has 0 saturated carbocycles. The van der Waals surface area contributed by atoms with Gasteiger partial charge in [0, 0.05) is 20.3 Å². The predicted molar refractivity (Wildman–Crippen MR) is 129 cm³/mol. The number of nitrogens with zero attached hydrogens (tertiary/aromatic N) is 1. The van der Waals surface area contributed by atoms with Crippen molar-refractivity contribution in [3.63, 3.8) is 0 Å². The Morgan fingerprint density at radius 2 is 1.74 bits per heavy atom. The van der Waals surface area contributed by atoms with Crippen LogP contribution in [0.5, 0.6) is 5.75 Å². The molecule has 2 heterocycles. The van der Waals surface area contributed by atoms with Crippen molar-refractivity contribution in [3.8, 4) is 5.75 Å². The second-order valence-electron chi connectivity index (χ2n) is 8.26. The molecule has 0 N–H and O–H groups in total. The average Bonchev–Trinajstić information content (AvgIpc) is 3.16. The molecule has 172 valence electrons. The Hall–Kier alpha value is -3.90. The summed E-state index contributed by atoms with van der Waals surface area (Å²) in [6.45, 7) is 1.37. The molecule has 1 aromatic heterocycles. The molecule has 6 nitrogen and oxygen atoms in total. The topological polar surface area (TPSA) is 69.0 Å². The van der Waals surface area contributed by atoms with E-state index in [1.807, 2.05) is 54.6 Å². The minimum Gasteiger partial charge on any atom is -0.489 e. The van der Waals surface area contributed by atoms with E-state index in [0.29, 0.717) is 48.5 Å². The fourth-order valence-corrected chi connectivity index (χ4v) is 4.44. The molecular weight excluding hydrogens is 430 g/mol. The number of carbonyl (C=O) groups is 1. The first-order chi connectivity index (χ1) is 16.7. The van der Waals surface area contributed by atoms with E-state index in [-0.39, 0.29) is 17.1 Å². The minimum absolute atomic E-state index is 0.113. The lowest BCUT2D eigenvalue weighted by Gasteiger charge is -2.25. The molecule has 0 radical (unpaired) electrons.